The van der Waals surface area contributed by atoms with Crippen LogP contribution in [0.25, 0.3) is 0 Å². The summed E-state index contributed by atoms with van der Waals surface area (Å²) in [6.07, 6.45) is 1.57. The van der Waals surface area contributed by atoms with Crippen molar-refractivity contribution < 1.29 is 9.53 Å². The van der Waals surface area contributed by atoms with Crippen molar-refractivity contribution in [3.63, 3.8) is 0 Å². The molecule has 0 aliphatic heterocycles. The molecule has 1 rings (SSSR count). The number of hydrogen-bond donors (Lipinski definition) is 2. The van der Waals surface area contributed by atoms with Crippen molar-refractivity contribution in [2.24, 2.45) is 0 Å². The lowest BCUT2D eigenvalue weighted by Gasteiger charge is -2.22. The first-order chi connectivity index (χ1) is 10.7. The van der Waals surface area contributed by atoms with Gasteiger partial charge in [0.05, 0.1) is 0 Å². The Hall–Kier alpha value is -0.970. The standard InChI is InChI=1S/C17H26Cl2N2O2/c1-5-6-15(11-21-16(22)23-17(2,3)4)20-10-12-7-13(18)9-14(19)8-12/h7-9,15,20H,5-6,10-11H2,1-4H3,(H,21,22). The lowest BCUT2D eigenvalue weighted by molar-refractivity contribution is 0.0521. The highest BCUT2D eigenvalue weighted by molar-refractivity contribution is 6.34. The molecule has 0 aliphatic carbocycles. The van der Waals surface area contributed by atoms with E-state index in [4.69, 9.17) is 27.9 Å². The quantitative estimate of drug-likeness (QED) is 0.735. The minimum absolute atomic E-state index is 0.158. The van der Waals surface area contributed by atoms with Gasteiger partial charge in [-0.05, 0) is 51.0 Å². The van der Waals surface area contributed by atoms with Crippen LogP contribution < -0.4 is 10.6 Å². The molecule has 130 valence electrons. The Morgan fingerprint density at radius 2 is 1.83 bits per heavy atom. The molecule has 1 aromatic rings. The van der Waals surface area contributed by atoms with E-state index in [2.05, 4.69) is 17.6 Å². The molecule has 4 nitrogen and oxygen atoms in total. The molecule has 0 radical (unpaired) electrons. The molecule has 1 atom stereocenters. The van der Waals surface area contributed by atoms with Crippen LogP contribution in [0.3, 0.4) is 0 Å². The van der Waals surface area contributed by atoms with Crippen LogP contribution in [-0.4, -0.2) is 24.3 Å². The second-order valence-electron chi connectivity index (χ2n) is 6.53. The Bertz CT molecular complexity index is 496. The highest BCUT2D eigenvalue weighted by atomic mass is 35.5. The predicted octanol–water partition coefficient (Wildman–Crippen LogP) is 4.78. The van der Waals surface area contributed by atoms with E-state index < -0.39 is 11.7 Å². The van der Waals surface area contributed by atoms with E-state index in [1.165, 1.54) is 0 Å². The summed E-state index contributed by atoms with van der Waals surface area (Å²) in [5, 5.41) is 7.47. The molecule has 0 fully saturated rings. The van der Waals surface area contributed by atoms with Crippen LogP contribution >= 0.6 is 23.2 Å². The average Bonchev–Trinajstić information content (AvgIpc) is 2.39. The molecule has 0 spiro atoms. The fraction of sp³-hybridized carbons (Fsp3) is 0.588. The number of hydrogen-bond acceptors (Lipinski definition) is 3. The molecule has 0 heterocycles. The van der Waals surface area contributed by atoms with Crippen molar-refractivity contribution in [2.75, 3.05) is 6.54 Å². The Labute approximate surface area is 148 Å². The number of ether oxygens (including phenoxy) is 1. The van der Waals surface area contributed by atoms with Gasteiger partial charge in [-0.3, -0.25) is 0 Å². The Morgan fingerprint density at radius 1 is 1.22 bits per heavy atom. The number of halogens is 2. The highest BCUT2D eigenvalue weighted by Gasteiger charge is 2.17. The van der Waals surface area contributed by atoms with Crippen molar-refractivity contribution in [2.45, 2.75) is 58.7 Å². The van der Waals surface area contributed by atoms with Gasteiger partial charge in [-0.25, -0.2) is 4.79 Å². The molecule has 0 saturated heterocycles. The number of carbonyl (C=O) groups excluding carboxylic acids is 1. The average molecular weight is 361 g/mol. The minimum Gasteiger partial charge on any atom is -0.444 e. The second kappa shape index (κ2) is 9.36. The maximum absolute atomic E-state index is 11.7. The molecule has 6 heteroatoms. The maximum atomic E-state index is 11.7. The van der Waals surface area contributed by atoms with Gasteiger partial charge < -0.3 is 15.4 Å². The molecule has 0 saturated carbocycles. The molecule has 0 aliphatic rings. The normalized spacial score (nSPS) is 12.8. The molecule has 1 amide bonds. The highest BCUT2D eigenvalue weighted by Crippen LogP contribution is 2.19. The van der Waals surface area contributed by atoms with Crippen LogP contribution in [0.15, 0.2) is 18.2 Å². The van der Waals surface area contributed by atoms with Crippen molar-refractivity contribution in [3.05, 3.63) is 33.8 Å². The van der Waals surface area contributed by atoms with E-state index >= 15 is 0 Å². The van der Waals surface area contributed by atoms with Crippen LogP contribution in [-0.2, 0) is 11.3 Å². The van der Waals surface area contributed by atoms with Crippen LogP contribution in [0.2, 0.25) is 10.0 Å². The molecular weight excluding hydrogens is 335 g/mol. The number of alkyl carbamates (subject to hydrolysis) is 1. The summed E-state index contributed by atoms with van der Waals surface area (Å²) in [6.45, 7) is 8.79. The fourth-order valence-corrected chi connectivity index (χ4v) is 2.69. The van der Waals surface area contributed by atoms with E-state index in [1.54, 1.807) is 6.07 Å². The van der Waals surface area contributed by atoms with Gasteiger partial charge in [-0.1, -0.05) is 36.5 Å². The maximum Gasteiger partial charge on any atom is 0.407 e. The number of carbonyl (C=O) groups is 1. The van der Waals surface area contributed by atoms with E-state index in [9.17, 15) is 4.79 Å². The van der Waals surface area contributed by atoms with Crippen molar-refractivity contribution in [1.29, 1.82) is 0 Å². The van der Waals surface area contributed by atoms with Crippen LogP contribution in [0.5, 0.6) is 0 Å². The van der Waals surface area contributed by atoms with E-state index in [0.29, 0.717) is 23.1 Å². The molecular formula is C17H26Cl2N2O2. The van der Waals surface area contributed by atoms with Crippen molar-refractivity contribution in [1.82, 2.24) is 10.6 Å². The molecule has 23 heavy (non-hydrogen) atoms. The number of nitrogens with one attached hydrogen (secondary N) is 2. The first-order valence-electron chi connectivity index (χ1n) is 7.85. The molecule has 2 N–H and O–H groups in total. The zero-order valence-corrected chi connectivity index (χ0v) is 15.7. The summed E-state index contributed by atoms with van der Waals surface area (Å²) < 4.78 is 5.25. The van der Waals surface area contributed by atoms with Gasteiger partial charge in [-0.2, -0.15) is 0 Å². The summed E-state index contributed by atoms with van der Waals surface area (Å²) >= 11 is 12.0. The van der Waals surface area contributed by atoms with Crippen LogP contribution in [0, 0.1) is 0 Å². The fourth-order valence-electron chi connectivity index (χ4n) is 2.12. The van der Waals surface area contributed by atoms with Crippen molar-refractivity contribution >= 4 is 29.3 Å². The van der Waals surface area contributed by atoms with E-state index in [-0.39, 0.29) is 6.04 Å². The second-order valence-corrected chi connectivity index (χ2v) is 7.40. The summed E-state index contributed by atoms with van der Waals surface area (Å²) in [6, 6.07) is 5.63. The topological polar surface area (TPSA) is 50.4 Å². The number of benzene rings is 1. The first kappa shape index (κ1) is 20.1. The molecule has 1 aromatic carbocycles. The summed E-state index contributed by atoms with van der Waals surface area (Å²) in [4.78, 5) is 11.7. The summed E-state index contributed by atoms with van der Waals surface area (Å²) in [7, 11) is 0. The molecule has 0 bridgehead atoms. The minimum atomic E-state index is -0.491. The Kier molecular flexibility index (Phi) is 8.17. The van der Waals surface area contributed by atoms with Gasteiger partial charge in [0.25, 0.3) is 0 Å². The smallest absolute Gasteiger partial charge is 0.407 e. The summed E-state index contributed by atoms with van der Waals surface area (Å²) in [5.74, 6) is 0. The van der Waals surface area contributed by atoms with Gasteiger partial charge in [0, 0.05) is 29.2 Å². The zero-order chi connectivity index (χ0) is 17.5. The SMILES string of the molecule is CCCC(CNC(=O)OC(C)(C)C)NCc1cc(Cl)cc(Cl)c1. The third-order valence-electron chi connectivity index (χ3n) is 3.05. The van der Waals surface area contributed by atoms with E-state index in [0.717, 1.165) is 18.4 Å². The third-order valence-corrected chi connectivity index (χ3v) is 3.48. The first-order valence-corrected chi connectivity index (χ1v) is 8.60. The van der Waals surface area contributed by atoms with Gasteiger partial charge in [0.2, 0.25) is 0 Å². The lowest BCUT2D eigenvalue weighted by Crippen LogP contribution is -2.42. The Balaban J connectivity index is 2.50. The zero-order valence-electron chi connectivity index (χ0n) is 14.2. The number of amides is 1. The monoisotopic (exact) mass is 360 g/mol. The summed E-state index contributed by atoms with van der Waals surface area (Å²) in [5.41, 5.74) is 0.524. The van der Waals surface area contributed by atoms with Crippen molar-refractivity contribution in [3.8, 4) is 0 Å². The Morgan fingerprint density at radius 3 is 2.35 bits per heavy atom. The molecule has 1 unspecified atom stereocenters. The largest absolute Gasteiger partial charge is 0.444 e. The third kappa shape index (κ3) is 9.04. The van der Waals surface area contributed by atoms with Gasteiger partial charge in [-0.15, -0.1) is 0 Å². The number of rotatable bonds is 7. The predicted molar refractivity (Wildman–Crippen MR) is 96.2 cm³/mol. The van der Waals surface area contributed by atoms with E-state index in [1.807, 2.05) is 32.9 Å². The van der Waals surface area contributed by atoms with Gasteiger partial charge in [0.15, 0.2) is 0 Å². The van der Waals surface area contributed by atoms with Gasteiger partial charge in [0.1, 0.15) is 5.60 Å². The van der Waals surface area contributed by atoms with Crippen LogP contribution in [0.1, 0.15) is 46.1 Å². The van der Waals surface area contributed by atoms with Gasteiger partial charge >= 0.3 is 6.09 Å². The van der Waals surface area contributed by atoms with Crippen LogP contribution in [0.4, 0.5) is 4.79 Å². The lowest BCUT2D eigenvalue weighted by atomic mass is 10.1. The molecule has 0 aromatic heterocycles.